The van der Waals surface area contributed by atoms with Gasteiger partial charge in [0.05, 0.1) is 22.8 Å². The van der Waals surface area contributed by atoms with Crippen molar-refractivity contribution in [2.45, 2.75) is 12.8 Å². The molecule has 1 unspecified atom stereocenters. The molecule has 1 fully saturated rings. The standard InChI is InChI=1S/C20H23N3O4/c1-21-20(24)18-12-16(23(25)26)9-10-19(18)22-11-5-6-15(13-22)14-27-17-7-3-2-4-8-17/h2-4,7-10,12,15H,5-6,11,13-14H2,1H3,(H,21,24). The first-order chi connectivity index (χ1) is 13.1. The normalized spacial score (nSPS) is 16.6. The average Bonchev–Trinajstić information content (AvgIpc) is 2.72. The molecule has 2 aromatic carbocycles. The van der Waals surface area contributed by atoms with E-state index in [9.17, 15) is 14.9 Å². The highest BCUT2D eigenvalue weighted by Crippen LogP contribution is 2.29. The van der Waals surface area contributed by atoms with Crippen molar-refractivity contribution in [3.05, 3.63) is 64.2 Å². The first-order valence-electron chi connectivity index (χ1n) is 9.02. The van der Waals surface area contributed by atoms with Gasteiger partial charge >= 0.3 is 0 Å². The molecule has 0 radical (unpaired) electrons. The molecule has 1 aliphatic rings. The molecule has 1 amide bonds. The Balaban J connectivity index is 1.75. The predicted molar refractivity (Wildman–Crippen MR) is 103 cm³/mol. The van der Waals surface area contributed by atoms with E-state index in [1.165, 1.54) is 19.2 Å². The van der Waals surface area contributed by atoms with E-state index in [2.05, 4.69) is 10.2 Å². The minimum absolute atomic E-state index is 0.0849. The van der Waals surface area contributed by atoms with Crippen molar-refractivity contribution < 1.29 is 14.5 Å². The molecule has 1 aliphatic heterocycles. The van der Waals surface area contributed by atoms with Crippen molar-refractivity contribution in [3.63, 3.8) is 0 Å². The molecule has 1 saturated heterocycles. The van der Waals surface area contributed by atoms with E-state index in [4.69, 9.17) is 4.74 Å². The molecular weight excluding hydrogens is 346 g/mol. The number of anilines is 1. The number of nitrogens with one attached hydrogen (secondary N) is 1. The lowest BCUT2D eigenvalue weighted by Crippen LogP contribution is -2.39. The lowest BCUT2D eigenvalue weighted by Gasteiger charge is -2.35. The fraction of sp³-hybridized carbons (Fsp3) is 0.350. The van der Waals surface area contributed by atoms with Crippen LogP contribution in [0.15, 0.2) is 48.5 Å². The van der Waals surface area contributed by atoms with E-state index in [0.29, 0.717) is 18.1 Å². The van der Waals surface area contributed by atoms with Gasteiger partial charge in [-0.05, 0) is 31.0 Å². The average molecular weight is 369 g/mol. The molecule has 1 atom stereocenters. The molecule has 3 rings (SSSR count). The highest BCUT2D eigenvalue weighted by Gasteiger charge is 2.25. The van der Waals surface area contributed by atoms with Crippen LogP contribution in [-0.4, -0.2) is 37.6 Å². The number of hydrogen-bond donors (Lipinski definition) is 1. The number of rotatable bonds is 6. The minimum Gasteiger partial charge on any atom is -0.493 e. The Morgan fingerprint density at radius 3 is 2.78 bits per heavy atom. The monoisotopic (exact) mass is 369 g/mol. The molecule has 27 heavy (non-hydrogen) atoms. The molecule has 142 valence electrons. The Kier molecular flexibility index (Phi) is 5.90. The summed E-state index contributed by atoms with van der Waals surface area (Å²) < 4.78 is 5.88. The van der Waals surface area contributed by atoms with Gasteiger partial charge < -0.3 is 15.0 Å². The molecule has 0 bridgehead atoms. The summed E-state index contributed by atoms with van der Waals surface area (Å²) in [5.41, 5.74) is 0.971. The van der Waals surface area contributed by atoms with Gasteiger partial charge in [-0.25, -0.2) is 0 Å². The number of benzene rings is 2. The Morgan fingerprint density at radius 2 is 2.07 bits per heavy atom. The number of carbonyl (C=O) groups excluding carboxylic acids is 1. The van der Waals surface area contributed by atoms with Gasteiger partial charge in [-0.15, -0.1) is 0 Å². The number of hydrogen-bond acceptors (Lipinski definition) is 5. The van der Waals surface area contributed by atoms with Crippen molar-refractivity contribution >= 4 is 17.3 Å². The predicted octanol–water partition coefficient (Wildman–Crippen LogP) is 3.25. The first kappa shape index (κ1) is 18.7. The van der Waals surface area contributed by atoms with Crippen LogP contribution in [0, 0.1) is 16.0 Å². The van der Waals surface area contributed by atoms with E-state index >= 15 is 0 Å². The Morgan fingerprint density at radius 1 is 1.30 bits per heavy atom. The molecular formula is C20H23N3O4. The molecule has 1 heterocycles. The Hall–Kier alpha value is -3.09. The molecule has 0 aliphatic carbocycles. The van der Waals surface area contributed by atoms with Crippen LogP contribution in [0.5, 0.6) is 5.75 Å². The molecule has 1 N–H and O–H groups in total. The fourth-order valence-corrected chi connectivity index (χ4v) is 3.38. The summed E-state index contributed by atoms with van der Waals surface area (Å²) in [4.78, 5) is 25.0. The smallest absolute Gasteiger partial charge is 0.270 e. The zero-order valence-corrected chi connectivity index (χ0v) is 15.3. The summed E-state index contributed by atoms with van der Waals surface area (Å²) in [6, 6.07) is 14.2. The minimum atomic E-state index is -0.483. The summed E-state index contributed by atoms with van der Waals surface area (Å²) in [5, 5.41) is 13.6. The second-order valence-corrected chi connectivity index (χ2v) is 6.62. The molecule has 0 saturated carbocycles. The second kappa shape index (κ2) is 8.53. The van der Waals surface area contributed by atoms with Crippen LogP contribution < -0.4 is 15.0 Å². The summed E-state index contributed by atoms with van der Waals surface area (Å²) in [5.74, 6) is 0.846. The number of piperidine rings is 1. The van der Waals surface area contributed by atoms with Gasteiger partial charge in [0, 0.05) is 38.2 Å². The summed E-state index contributed by atoms with van der Waals surface area (Å²) in [6.07, 6.45) is 2.03. The van der Waals surface area contributed by atoms with E-state index in [1.807, 2.05) is 30.3 Å². The fourth-order valence-electron chi connectivity index (χ4n) is 3.38. The number of nitro benzene ring substituents is 1. The van der Waals surface area contributed by atoms with E-state index in [0.717, 1.165) is 37.4 Å². The third-order valence-electron chi connectivity index (χ3n) is 4.75. The van der Waals surface area contributed by atoms with E-state index in [1.54, 1.807) is 6.07 Å². The van der Waals surface area contributed by atoms with Crippen LogP contribution in [-0.2, 0) is 0 Å². The Labute approximate surface area is 158 Å². The number of amides is 1. The van der Waals surface area contributed by atoms with Crippen molar-refractivity contribution in [1.29, 1.82) is 0 Å². The summed E-state index contributed by atoms with van der Waals surface area (Å²) in [6.45, 7) is 2.15. The zero-order chi connectivity index (χ0) is 19.2. The van der Waals surface area contributed by atoms with Crippen molar-refractivity contribution in [2.75, 3.05) is 31.6 Å². The third-order valence-corrected chi connectivity index (χ3v) is 4.75. The lowest BCUT2D eigenvalue weighted by molar-refractivity contribution is -0.384. The summed E-state index contributed by atoms with van der Waals surface area (Å²) >= 11 is 0. The third kappa shape index (κ3) is 4.55. The van der Waals surface area contributed by atoms with Crippen molar-refractivity contribution in [3.8, 4) is 5.75 Å². The van der Waals surface area contributed by atoms with Crippen LogP contribution in [0.3, 0.4) is 0 Å². The molecule has 7 heteroatoms. The van der Waals surface area contributed by atoms with Crippen LogP contribution in [0.1, 0.15) is 23.2 Å². The van der Waals surface area contributed by atoms with Gasteiger partial charge in [0.25, 0.3) is 11.6 Å². The first-order valence-corrected chi connectivity index (χ1v) is 9.02. The number of ether oxygens (including phenoxy) is 1. The number of para-hydroxylation sites is 1. The van der Waals surface area contributed by atoms with Crippen LogP contribution in [0.2, 0.25) is 0 Å². The Bertz CT molecular complexity index is 810. The zero-order valence-electron chi connectivity index (χ0n) is 15.3. The van der Waals surface area contributed by atoms with Gasteiger partial charge in [-0.1, -0.05) is 18.2 Å². The number of nitrogens with zero attached hydrogens (tertiary/aromatic N) is 2. The van der Waals surface area contributed by atoms with Gasteiger partial charge in [0.2, 0.25) is 0 Å². The van der Waals surface area contributed by atoms with Crippen molar-refractivity contribution in [1.82, 2.24) is 5.32 Å². The van der Waals surface area contributed by atoms with Gasteiger partial charge in [-0.2, -0.15) is 0 Å². The topological polar surface area (TPSA) is 84.7 Å². The molecule has 0 spiro atoms. The lowest BCUT2D eigenvalue weighted by atomic mass is 9.97. The van der Waals surface area contributed by atoms with Gasteiger partial charge in [0.1, 0.15) is 5.75 Å². The van der Waals surface area contributed by atoms with Crippen LogP contribution >= 0.6 is 0 Å². The highest BCUT2D eigenvalue weighted by atomic mass is 16.6. The van der Waals surface area contributed by atoms with Gasteiger partial charge in [0.15, 0.2) is 0 Å². The van der Waals surface area contributed by atoms with E-state index in [-0.39, 0.29) is 11.6 Å². The van der Waals surface area contributed by atoms with Crippen LogP contribution in [0.4, 0.5) is 11.4 Å². The number of non-ortho nitro benzene ring substituents is 1. The van der Waals surface area contributed by atoms with Crippen molar-refractivity contribution in [2.24, 2.45) is 5.92 Å². The summed E-state index contributed by atoms with van der Waals surface area (Å²) in [7, 11) is 1.53. The van der Waals surface area contributed by atoms with E-state index < -0.39 is 4.92 Å². The highest BCUT2D eigenvalue weighted by molar-refractivity contribution is 6.00. The maximum absolute atomic E-state index is 12.3. The second-order valence-electron chi connectivity index (χ2n) is 6.62. The largest absolute Gasteiger partial charge is 0.493 e. The molecule has 0 aromatic heterocycles. The number of nitro groups is 1. The SMILES string of the molecule is CNC(=O)c1cc([N+](=O)[O-])ccc1N1CCCC(COc2ccccc2)C1. The number of carbonyl (C=O) groups is 1. The molecule has 7 nitrogen and oxygen atoms in total. The maximum atomic E-state index is 12.3. The molecule has 2 aromatic rings. The maximum Gasteiger partial charge on any atom is 0.270 e. The van der Waals surface area contributed by atoms with Gasteiger partial charge in [-0.3, -0.25) is 14.9 Å². The quantitative estimate of drug-likeness (QED) is 0.624. The van der Waals surface area contributed by atoms with Crippen LogP contribution in [0.25, 0.3) is 0 Å².